The Bertz CT molecular complexity index is 1490. The van der Waals surface area contributed by atoms with Gasteiger partial charge in [-0.1, -0.05) is 11.2 Å². The molecule has 0 unspecified atom stereocenters. The summed E-state index contributed by atoms with van der Waals surface area (Å²) in [6.45, 7) is 0.153. The van der Waals surface area contributed by atoms with Crippen LogP contribution in [0.15, 0.2) is 59.1 Å². The third-order valence-electron chi connectivity index (χ3n) is 6.67. The Morgan fingerprint density at radius 3 is 2.58 bits per heavy atom. The molecule has 3 aromatic carbocycles. The molecule has 1 aromatic heterocycles. The number of aliphatic carboxylic acids is 1. The Labute approximate surface area is 218 Å². The third kappa shape index (κ3) is 5.56. The van der Waals surface area contributed by atoms with Gasteiger partial charge in [-0.05, 0) is 85.7 Å². The topological polar surface area (TPSA) is 139 Å². The van der Waals surface area contributed by atoms with Gasteiger partial charge < -0.3 is 29.3 Å². The van der Waals surface area contributed by atoms with Crippen molar-refractivity contribution in [1.82, 2.24) is 5.16 Å². The molecule has 9 nitrogen and oxygen atoms in total. The number of aryl methyl sites for hydroxylation is 1. The number of ether oxygens (including phenoxy) is 2. The summed E-state index contributed by atoms with van der Waals surface area (Å²) in [4.78, 5) is 24.5. The van der Waals surface area contributed by atoms with E-state index in [-0.39, 0.29) is 42.8 Å². The number of rotatable bonds is 10. The second-order valence-electron chi connectivity index (χ2n) is 9.38. The first-order valence-corrected chi connectivity index (χ1v) is 12.5. The predicted octanol–water partition coefficient (Wildman–Crippen LogP) is 5.39. The predicted molar refractivity (Wildman–Crippen MR) is 137 cm³/mol. The first-order valence-electron chi connectivity index (χ1n) is 12.5. The average molecular weight is 518 g/mol. The summed E-state index contributed by atoms with van der Waals surface area (Å²) in [6, 6.07) is 14.6. The van der Waals surface area contributed by atoms with Crippen LogP contribution in [0, 0.1) is 0 Å². The van der Waals surface area contributed by atoms with E-state index in [1.165, 1.54) is 6.07 Å². The number of carbonyl (C=O) groups is 2. The van der Waals surface area contributed by atoms with Gasteiger partial charge in [0.1, 0.15) is 29.4 Å². The van der Waals surface area contributed by atoms with Crippen molar-refractivity contribution in [1.29, 1.82) is 0 Å². The van der Waals surface area contributed by atoms with Gasteiger partial charge in [-0.3, -0.25) is 9.59 Å². The average Bonchev–Trinajstić information content (AvgIpc) is 3.55. The van der Waals surface area contributed by atoms with Crippen LogP contribution in [0.5, 0.6) is 23.2 Å². The molecule has 0 spiro atoms. The Morgan fingerprint density at radius 1 is 1.00 bits per heavy atom. The molecular formula is C29H27NO8. The van der Waals surface area contributed by atoms with E-state index in [1.54, 1.807) is 48.5 Å². The van der Waals surface area contributed by atoms with E-state index in [9.17, 15) is 24.9 Å². The minimum atomic E-state index is -0.973. The van der Waals surface area contributed by atoms with Gasteiger partial charge in [0.25, 0.3) is 0 Å². The van der Waals surface area contributed by atoms with Crippen molar-refractivity contribution in [2.24, 2.45) is 0 Å². The summed E-state index contributed by atoms with van der Waals surface area (Å²) in [5.41, 5.74) is 2.23. The van der Waals surface area contributed by atoms with Crippen LogP contribution in [0.1, 0.15) is 59.2 Å². The Kier molecular flexibility index (Phi) is 7.17. The van der Waals surface area contributed by atoms with Crippen molar-refractivity contribution >= 4 is 22.7 Å². The first-order chi connectivity index (χ1) is 18.4. The molecule has 0 saturated heterocycles. The fraction of sp³-hybridized carbons (Fsp3) is 0.276. The van der Waals surface area contributed by atoms with Crippen molar-refractivity contribution in [2.45, 2.75) is 51.2 Å². The SMILES string of the molecule is O=C(O)CCc1cc(C(=O)c2ccc(OC3CCCC3)cc2O)ccc1OCc1ccc2c(O)onc2c1. The van der Waals surface area contributed by atoms with E-state index < -0.39 is 11.8 Å². The zero-order chi connectivity index (χ0) is 26.6. The Morgan fingerprint density at radius 2 is 1.82 bits per heavy atom. The lowest BCUT2D eigenvalue weighted by Crippen LogP contribution is -2.11. The lowest BCUT2D eigenvalue weighted by molar-refractivity contribution is -0.136. The smallest absolute Gasteiger partial charge is 0.316 e. The zero-order valence-electron chi connectivity index (χ0n) is 20.6. The van der Waals surface area contributed by atoms with E-state index in [2.05, 4.69) is 5.16 Å². The molecule has 0 bridgehead atoms. The van der Waals surface area contributed by atoms with Crippen LogP contribution in [-0.4, -0.2) is 38.3 Å². The quantitative estimate of drug-likeness (QED) is 0.236. The number of fused-ring (bicyclic) bond motifs is 1. The maximum absolute atomic E-state index is 13.2. The highest BCUT2D eigenvalue weighted by Gasteiger charge is 2.20. The van der Waals surface area contributed by atoms with Gasteiger partial charge in [-0.15, -0.1) is 0 Å². The number of ketones is 1. The maximum Gasteiger partial charge on any atom is 0.316 e. The largest absolute Gasteiger partial charge is 0.507 e. The number of hydrogen-bond donors (Lipinski definition) is 3. The van der Waals surface area contributed by atoms with Crippen LogP contribution in [0.4, 0.5) is 0 Å². The molecule has 0 aliphatic heterocycles. The van der Waals surface area contributed by atoms with Crippen LogP contribution in [0.3, 0.4) is 0 Å². The summed E-state index contributed by atoms with van der Waals surface area (Å²) >= 11 is 0. The molecule has 0 radical (unpaired) electrons. The highest BCUT2D eigenvalue weighted by atomic mass is 16.5. The van der Waals surface area contributed by atoms with Gasteiger partial charge in [-0.2, -0.15) is 0 Å². The number of nitrogens with zero attached hydrogens (tertiary/aromatic N) is 1. The van der Waals surface area contributed by atoms with E-state index >= 15 is 0 Å². The molecule has 5 rings (SSSR count). The van der Waals surface area contributed by atoms with E-state index in [0.717, 1.165) is 31.2 Å². The Hall–Kier alpha value is -4.53. The highest BCUT2D eigenvalue weighted by Crippen LogP contribution is 2.31. The summed E-state index contributed by atoms with van der Waals surface area (Å²) in [7, 11) is 0. The second kappa shape index (κ2) is 10.8. The summed E-state index contributed by atoms with van der Waals surface area (Å²) < 4.78 is 16.6. The molecule has 1 aliphatic carbocycles. The van der Waals surface area contributed by atoms with Crippen molar-refractivity contribution in [3.05, 3.63) is 76.9 Å². The second-order valence-corrected chi connectivity index (χ2v) is 9.38. The van der Waals surface area contributed by atoms with Gasteiger partial charge in [0.05, 0.1) is 17.1 Å². The summed E-state index contributed by atoms with van der Waals surface area (Å²) in [5.74, 6) is -0.835. The van der Waals surface area contributed by atoms with Crippen LogP contribution in [0.2, 0.25) is 0 Å². The number of aromatic hydroxyl groups is 2. The molecule has 9 heteroatoms. The van der Waals surface area contributed by atoms with Gasteiger partial charge in [0.2, 0.25) is 0 Å². The molecular weight excluding hydrogens is 490 g/mol. The van der Waals surface area contributed by atoms with Crippen LogP contribution < -0.4 is 9.47 Å². The van der Waals surface area contributed by atoms with Gasteiger partial charge in [0, 0.05) is 18.1 Å². The van der Waals surface area contributed by atoms with Gasteiger partial charge in [0.15, 0.2) is 5.78 Å². The number of benzene rings is 3. The summed E-state index contributed by atoms with van der Waals surface area (Å²) in [6.07, 6.45) is 4.35. The molecule has 0 amide bonds. The highest BCUT2D eigenvalue weighted by molar-refractivity contribution is 6.11. The molecule has 0 atom stereocenters. The lowest BCUT2D eigenvalue weighted by atomic mass is 9.98. The van der Waals surface area contributed by atoms with Crippen molar-refractivity contribution in [3.63, 3.8) is 0 Å². The fourth-order valence-electron chi connectivity index (χ4n) is 4.66. The lowest BCUT2D eigenvalue weighted by Gasteiger charge is -2.15. The van der Waals surface area contributed by atoms with E-state index in [1.807, 2.05) is 0 Å². The molecule has 1 fully saturated rings. The molecule has 3 N–H and O–H groups in total. The molecule has 38 heavy (non-hydrogen) atoms. The minimum absolute atomic E-state index is 0.130. The molecule has 4 aromatic rings. The van der Waals surface area contributed by atoms with E-state index in [4.69, 9.17) is 14.0 Å². The number of aromatic nitrogens is 1. The number of carboxylic acid groups (broad SMARTS) is 1. The monoisotopic (exact) mass is 517 g/mol. The summed E-state index contributed by atoms with van der Waals surface area (Å²) in [5, 5.41) is 33.7. The molecule has 1 saturated carbocycles. The first kappa shape index (κ1) is 25.1. The van der Waals surface area contributed by atoms with Crippen LogP contribution in [-0.2, 0) is 17.8 Å². The number of hydrogen-bond acceptors (Lipinski definition) is 8. The van der Waals surface area contributed by atoms with Crippen LogP contribution >= 0.6 is 0 Å². The normalized spacial score (nSPS) is 13.6. The molecule has 1 aliphatic rings. The van der Waals surface area contributed by atoms with E-state index in [0.29, 0.717) is 33.5 Å². The van der Waals surface area contributed by atoms with Crippen molar-refractivity contribution in [3.8, 4) is 23.2 Å². The fourth-order valence-corrected chi connectivity index (χ4v) is 4.66. The number of phenolic OH excluding ortho intramolecular Hbond substituents is 1. The van der Waals surface area contributed by atoms with Gasteiger partial charge >= 0.3 is 11.9 Å². The maximum atomic E-state index is 13.2. The van der Waals surface area contributed by atoms with Crippen molar-refractivity contribution < 1.29 is 38.9 Å². The third-order valence-corrected chi connectivity index (χ3v) is 6.67. The molecule has 196 valence electrons. The zero-order valence-corrected chi connectivity index (χ0v) is 20.6. The van der Waals surface area contributed by atoms with Crippen molar-refractivity contribution in [2.75, 3.05) is 0 Å². The number of carbonyl (C=O) groups excluding carboxylic acids is 1. The van der Waals surface area contributed by atoms with Gasteiger partial charge in [-0.25, -0.2) is 0 Å². The number of carboxylic acids is 1. The minimum Gasteiger partial charge on any atom is -0.507 e. The Balaban J connectivity index is 1.34. The van der Waals surface area contributed by atoms with Crippen LogP contribution in [0.25, 0.3) is 10.9 Å². The molecule has 1 heterocycles. The number of phenols is 1. The standard InChI is InChI=1S/C29H27NO8/c31-25-15-21(37-20-3-1-2-4-20)8-10-23(25)28(34)19-6-11-26(18(14-19)7-12-27(32)33)36-16-17-5-9-22-24(13-17)30-38-29(22)35/h5-6,8-11,13-15,20,31,35H,1-4,7,12,16H2,(H,32,33).